The second-order valence-corrected chi connectivity index (χ2v) is 5.83. The van der Waals surface area contributed by atoms with E-state index in [-0.39, 0.29) is 5.91 Å². The van der Waals surface area contributed by atoms with Gasteiger partial charge in [-0.3, -0.25) is 4.79 Å². The molecule has 6 heteroatoms. The Labute approximate surface area is 151 Å². The molecule has 2 N–H and O–H groups in total. The molecule has 0 radical (unpaired) electrons. The first-order valence-electron chi connectivity index (χ1n) is 7.88. The van der Waals surface area contributed by atoms with Crippen molar-refractivity contribution >= 4 is 29.1 Å². The molecule has 0 aliphatic carbocycles. The Morgan fingerprint density at radius 1 is 1.00 bits per heavy atom. The summed E-state index contributed by atoms with van der Waals surface area (Å²) >= 11 is 5.86. The summed E-state index contributed by atoms with van der Waals surface area (Å²) in [5.41, 5.74) is 2.30. The van der Waals surface area contributed by atoms with Crippen molar-refractivity contribution < 1.29 is 4.79 Å². The molecule has 0 aliphatic heterocycles. The van der Waals surface area contributed by atoms with Crippen LogP contribution < -0.4 is 10.6 Å². The quantitative estimate of drug-likeness (QED) is 0.707. The zero-order valence-corrected chi connectivity index (χ0v) is 14.2. The lowest BCUT2D eigenvalue weighted by atomic mass is 10.1. The second-order valence-electron chi connectivity index (χ2n) is 5.39. The van der Waals surface area contributed by atoms with E-state index in [4.69, 9.17) is 11.6 Å². The number of para-hydroxylation sites is 1. The third kappa shape index (κ3) is 5.02. The van der Waals surface area contributed by atoms with E-state index in [9.17, 15) is 4.79 Å². The molecular weight excluding hydrogens is 336 g/mol. The van der Waals surface area contributed by atoms with Crippen LogP contribution in [0.4, 0.5) is 11.6 Å². The highest BCUT2D eigenvalue weighted by molar-refractivity contribution is 6.30. The van der Waals surface area contributed by atoms with Crippen LogP contribution in [-0.4, -0.2) is 22.4 Å². The predicted molar refractivity (Wildman–Crippen MR) is 99.2 cm³/mol. The number of benzene rings is 2. The maximum atomic E-state index is 12.2. The van der Waals surface area contributed by atoms with Gasteiger partial charge in [-0.25, -0.2) is 9.97 Å². The zero-order chi connectivity index (χ0) is 17.5. The Hall–Kier alpha value is -2.92. The summed E-state index contributed by atoms with van der Waals surface area (Å²) in [4.78, 5) is 20.6. The average Bonchev–Trinajstić information content (AvgIpc) is 2.64. The largest absolute Gasteiger partial charge is 0.350 e. The first-order valence-corrected chi connectivity index (χ1v) is 8.26. The number of nitrogens with one attached hydrogen (secondary N) is 2. The van der Waals surface area contributed by atoms with Crippen LogP contribution in [0, 0.1) is 0 Å². The van der Waals surface area contributed by atoms with Crippen molar-refractivity contribution in [3.05, 3.63) is 83.1 Å². The number of amides is 1. The highest BCUT2D eigenvalue weighted by Gasteiger charge is 2.08. The molecule has 0 saturated heterocycles. The maximum Gasteiger partial charge on any atom is 0.270 e. The fraction of sp³-hybridized carbons (Fsp3) is 0.105. The molecule has 25 heavy (non-hydrogen) atoms. The monoisotopic (exact) mass is 352 g/mol. The molecular formula is C19H17ClN4O. The fourth-order valence-corrected chi connectivity index (χ4v) is 2.38. The molecule has 1 heterocycles. The lowest BCUT2D eigenvalue weighted by Gasteiger charge is -2.07. The minimum absolute atomic E-state index is 0.229. The van der Waals surface area contributed by atoms with Crippen LogP contribution in [0.3, 0.4) is 0 Å². The normalized spacial score (nSPS) is 10.3. The van der Waals surface area contributed by atoms with Gasteiger partial charge in [0.2, 0.25) is 5.95 Å². The Bertz CT molecular complexity index is 838. The van der Waals surface area contributed by atoms with Crippen molar-refractivity contribution in [3.8, 4) is 0 Å². The molecule has 0 aliphatic rings. The van der Waals surface area contributed by atoms with Crippen molar-refractivity contribution in [1.29, 1.82) is 0 Å². The smallest absolute Gasteiger partial charge is 0.270 e. The van der Waals surface area contributed by atoms with Crippen LogP contribution in [0.5, 0.6) is 0 Å². The average molecular weight is 353 g/mol. The minimum atomic E-state index is -0.229. The van der Waals surface area contributed by atoms with Crippen molar-refractivity contribution in [2.45, 2.75) is 6.42 Å². The number of nitrogens with zero attached hydrogens (tertiary/aromatic N) is 2. The number of hydrogen-bond acceptors (Lipinski definition) is 4. The van der Waals surface area contributed by atoms with Gasteiger partial charge in [-0.05, 0) is 42.3 Å². The second kappa shape index (κ2) is 8.26. The van der Waals surface area contributed by atoms with E-state index in [1.165, 1.54) is 0 Å². The lowest BCUT2D eigenvalue weighted by molar-refractivity contribution is 0.0949. The molecule has 2 aromatic carbocycles. The Morgan fingerprint density at radius 3 is 2.52 bits per heavy atom. The summed E-state index contributed by atoms with van der Waals surface area (Å²) in [7, 11) is 0. The van der Waals surface area contributed by atoms with Gasteiger partial charge in [0.05, 0.1) is 0 Å². The van der Waals surface area contributed by atoms with Gasteiger partial charge in [0, 0.05) is 23.5 Å². The molecule has 1 amide bonds. The van der Waals surface area contributed by atoms with Crippen LogP contribution in [0.1, 0.15) is 16.1 Å². The first-order chi connectivity index (χ1) is 12.2. The minimum Gasteiger partial charge on any atom is -0.350 e. The number of halogens is 1. The van der Waals surface area contributed by atoms with E-state index in [1.807, 2.05) is 54.6 Å². The summed E-state index contributed by atoms with van der Waals surface area (Å²) < 4.78 is 0. The summed E-state index contributed by atoms with van der Waals surface area (Å²) in [6.45, 7) is 0.520. The van der Waals surface area contributed by atoms with Crippen LogP contribution in [-0.2, 0) is 6.42 Å². The molecule has 0 spiro atoms. The van der Waals surface area contributed by atoms with Gasteiger partial charge < -0.3 is 10.6 Å². The SMILES string of the molecule is O=C(NCCc1ccc(Cl)cc1)c1ccnc(Nc2ccccc2)n1. The number of aromatic nitrogens is 2. The van der Waals surface area contributed by atoms with Crippen LogP contribution in [0.25, 0.3) is 0 Å². The maximum absolute atomic E-state index is 12.2. The van der Waals surface area contributed by atoms with Gasteiger partial charge in [-0.1, -0.05) is 41.9 Å². The fourth-order valence-electron chi connectivity index (χ4n) is 2.26. The van der Waals surface area contributed by atoms with E-state index >= 15 is 0 Å². The molecule has 3 rings (SSSR count). The number of hydrogen-bond donors (Lipinski definition) is 2. The van der Waals surface area contributed by atoms with Gasteiger partial charge in [0.25, 0.3) is 5.91 Å². The van der Waals surface area contributed by atoms with Gasteiger partial charge in [-0.2, -0.15) is 0 Å². The van der Waals surface area contributed by atoms with E-state index in [2.05, 4.69) is 20.6 Å². The van der Waals surface area contributed by atoms with Gasteiger partial charge in [-0.15, -0.1) is 0 Å². The third-order valence-corrected chi connectivity index (χ3v) is 3.78. The molecule has 5 nitrogen and oxygen atoms in total. The summed E-state index contributed by atoms with van der Waals surface area (Å²) in [5.74, 6) is 0.157. The Kier molecular flexibility index (Phi) is 5.59. The van der Waals surface area contributed by atoms with Crippen LogP contribution in [0.15, 0.2) is 66.9 Å². The summed E-state index contributed by atoms with van der Waals surface area (Å²) in [6, 6.07) is 18.7. The topological polar surface area (TPSA) is 66.9 Å². The Morgan fingerprint density at radius 2 is 1.76 bits per heavy atom. The van der Waals surface area contributed by atoms with E-state index < -0.39 is 0 Å². The molecule has 0 fully saturated rings. The van der Waals surface area contributed by atoms with Crippen molar-refractivity contribution in [2.24, 2.45) is 0 Å². The molecule has 126 valence electrons. The summed E-state index contributed by atoms with van der Waals surface area (Å²) in [5, 5.41) is 6.64. The third-order valence-electron chi connectivity index (χ3n) is 3.53. The van der Waals surface area contributed by atoms with Crippen molar-refractivity contribution in [1.82, 2.24) is 15.3 Å². The highest BCUT2D eigenvalue weighted by Crippen LogP contribution is 2.12. The van der Waals surface area contributed by atoms with Gasteiger partial charge >= 0.3 is 0 Å². The number of carbonyl (C=O) groups excluding carboxylic acids is 1. The van der Waals surface area contributed by atoms with Crippen LogP contribution >= 0.6 is 11.6 Å². The molecule has 0 saturated carbocycles. The number of anilines is 2. The Balaban J connectivity index is 1.56. The first kappa shape index (κ1) is 16.9. The van der Waals surface area contributed by atoms with Crippen molar-refractivity contribution in [2.75, 3.05) is 11.9 Å². The molecule has 0 unspecified atom stereocenters. The molecule has 3 aromatic rings. The summed E-state index contributed by atoms with van der Waals surface area (Å²) in [6.07, 6.45) is 2.29. The molecule has 0 atom stereocenters. The van der Waals surface area contributed by atoms with Gasteiger partial charge in [0.1, 0.15) is 5.69 Å². The lowest BCUT2D eigenvalue weighted by Crippen LogP contribution is -2.26. The highest BCUT2D eigenvalue weighted by atomic mass is 35.5. The number of carbonyl (C=O) groups is 1. The predicted octanol–water partition coefficient (Wildman–Crippen LogP) is 3.85. The van der Waals surface area contributed by atoms with E-state index in [1.54, 1.807) is 12.3 Å². The van der Waals surface area contributed by atoms with E-state index in [0.29, 0.717) is 23.2 Å². The molecule has 1 aromatic heterocycles. The van der Waals surface area contributed by atoms with E-state index in [0.717, 1.165) is 17.7 Å². The zero-order valence-electron chi connectivity index (χ0n) is 13.4. The van der Waals surface area contributed by atoms with Gasteiger partial charge in [0.15, 0.2) is 0 Å². The number of rotatable bonds is 6. The van der Waals surface area contributed by atoms with Crippen molar-refractivity contribution in [3.63, 3.8) is 0 Å². The van der Waals surface area contributed by atoms with Crippen LogP contribution in [0.2, 0.25) is 5.02 Å². The molecule has 0 bridgehead atoms. The standard InChI is InChI=1S/C19H17ClN4O/c20-15-8-6-14(7-9-15)10-12-21-18(25)17-11-13-22-19(24-17)23-16-4-2-1-3-5-16/h1-9,11,13H,10,12H2,(H,21,25)(H,22,23,24).